The normalized spacial score (nSPS) is 11.0. The smallest absolute Gasteiger partial charge is 0.133 e. The summed E-state index contributed by atoms with van der Waals surface area (Å²) in [7, 11) is 1.70. The van der Waals surface area contributed by atoms with Crippen molar-refractivity contribution < 1.29 is 9.47 Å². The van der Waals surface area contributed by atoms with Gasteiger partial charge in [-0.1, -0.05) is 37.6 Å². The third-order valence-electron chi connectivity index (χ3n) is 5.44. The van der Waals surface area contributed by atoms with Gasteiger partial charge < -0.3 is 14.8 Å². The lowest BCUT2D eigenvalue weighted by atomic mass is 10.1. The van der Waals surface area contributed by atoms with Crippen LogP contribution in [0, 0.1) is 6.92 Å². The van der Waals surface area contributed by atoms with Crippen LogP contribution in [0.3, 0.4) is 0 Å². The third-order valence-corrected chi connectivity index (χ3v) is 5.44. The van der Waals surface area contributed by atoms with Gasteiger partial charge in [0.05, 0.1) is 24.9 Å². The van der Waals surface area contributed by atoms with Crippen molar-refractivity contribution in [2.75, 3.05) is 20.3 Å². The van der Waals surface area contributed by atoms with Gasteiger partial charge in [-0.05, 0) is 69.0 Å². The summed E-state index contributed by atoms with van der Waals surface area (Å²) in [6.45, 7) is 6.81. The Hall–Kier alpha value is -2.59. The molecule has 160 valence electrons. The topological polar surface area (TPSA) is 43.4 Å². The first-order chi connectivity index (χ1) is 14.7. The van der Waals surface area contributed by atoms with Crippen LogP contribution in [0.4, 0.5) is 0 Å². The van der Waals surface area contributed by atoms with Crippen LogP contribution in [0.2, 0.25) is 0 Å². The van der Waals surface area contributed by atoms with Gasteiger partial charge in [-0.15, -0.1) is 0 Å². The maximum Gasteiger partial charge on any atom is 0.133 e. The Labute approximate surface area is 180 Å². The average molecular weight is 407 g/mol. The summed E-state index contributed by atoms with van der Waals surface area (Å²) >= 11 is 0. The second-order valence-electron chi connectivity index (χ2n) is 7.71. The van der Waals surface area contributed by atoms with Crippen LogP contribution in [0.25, 0.3) is 10.9 Å². The molecule has 1 aromatic heterocycles. The number of hydrogen-bond acceptors (Lipinski definition) is 4. The molecule has 1 heterocycles. The molecule has 0 aliphatic rings. The summed E-state index contributed by atoms with van der Waals surface area (Å²) in [5, 5.41) is 4.67. The van der Waals surface area contributed by atoms with E-state index in [1.165, 1.54) is 5.56 Å². The van der Waals surface area contributed by atoms with E-state index < -0.39 is 0 Å². The summed E-state index contributed by atoms with van der Waals surface area (Å²) in [5.41, 5.74) is 4.59. The van der Waals surface area contributed by atoms with Crippen molar-refractivity contribution in [2.45, 2.75) is 52.5 Å². The Morgan fingerprint density at radius 3 is 2.53 bits per heavy atom. The number of pyridine rings is 1. The van der Waals surface area contributed by atoms with E-state index in [0.29, 0.717) is 0 Å². The molecule has 0 aliphatic carbocycles. The number of methoxy groups -OCH3 is 1. The van der Waals surface area contributed by atoms with Gasteiger partial charge in [-0.2, -0.15) is 0 Å². The Kier molecular flexibility index (Phi) is 8.52. The van der Waals surface area contributed by atoms with Crippen LogP contribution >= 0.6 is 0 Å². The second kappa shape index (κ2) is 11.6. The average Bonchev–Trinajstić information content (AvgIpc) is 2.78. The van der Waals surface area contributed by atoms with Crippen molar-refractivity contribution in [1.29, 1.82) is 0 Å². The number of aryl methyl sites for hydroxylation is 1. The molecule has 4 nitrogen and oxygen atoms in total. The van der Waals surface area contributed by atoms with Crippen molar-refractivity contribution in [3.8, 4) is 11.5 Å². The van der Waals surface area contributed by atoms with Crippen molar-refractivity contribution >= 4 is 10.9 Å². The van der Waals surface area contributed by atoms with Crippen LogP contribution in [-0.4, -0.2) is 25.2 Å². The van der Waals surface area contributed by atoms with Gasteiger partial charge >= 0.3 is 0 Å². The van der Waals surface area contributed by atoms with E-state index in [-0.39, 0.29) is 0 Å². The van der Waals surface area contributed by atoms with Gasteiger partial charge in [-0.25, -0.2) is 0 Å². The fraction of sp³-hybridized carbons (Fsp3) is 0.423. The number of para-hydroxylation sites is 1. The minimum atomic E-state index is 0.754. The molecule has 0 radical (unpaired) electrons. The minimum absolute atomic E-state index is 0.754. The van der Waals surface area contributed by atoms with Crippen molar-refractivity contribution in [3.63, 3.8) is 0 Å². The molecule has 2 aromatic carbocycles. The summed E-state index contributed by atoms with van der Waals surface area (Å²) < 4.78 is 11.4. The van der Waals surface area contributed by atoms with Gasteiger partial charge in [0.2, 0.25) is 0 Å². The van der Waals surface area contributed by atoms with Crippen LogP contribution in [0.15, 0.2) is 48.5 Å². The monoisotopic (exact) mass is 406 g/mol. The fourth-order valence-corrected chi connectivity index (χ4v) is 3.58. The number of nitrogens with zero attached hydrogens (tertiary/aromatic N) is 1. The maximum absolute atomic E-state index is 6.16. The molecule has 0 amide bonds. The Balaban J connectivity index is 1.53. The molecule has 0 bridgehead atoms. The summed E-state index contributed by atoms with van der Waals surface area (Å²) in [6, 6.07) is 16.6. The third kappa shape index (κ3) is 5.96. The van der Waals surface area contributed by atoms with Crippen LogP contribution in [0.5, 0.6) is 11.5 Å². The standard InChI is InChI=1S/C26H34N2O2/c1-4-5-18-30-26-20(2)25(28-24-12-7-6-11-23(24)26)19-27-17-9-8-10-21-13-15-22(29-3)16-14-21/h6-7,11-16,27H,4-5,8-10,17-19H2,1-3H3. The molecule has 4 heteroatoms. The molecule has 3 aromatic rings. The van der Waals surface area contributed by atoms with Crippen LogP contribution < -0.4 is 14.8 Å². The quantitative estimate of drug-likeness (QED) is 0.384. The molecule has 0 fully saturated rings. The first kappa shape index (κ1) is 22.1. The van der Waals surface area contributed by atoms with E-state index in [2.05, 4.69) is 49.5 Å². The Morgan fingerprint density at radius 1 is 0.967 bits per heavy atom. The molecule has 0 saturated carbocycles. The molecule has 0 spiro atoms. The molecule has 0 unspecified atom stereocenters. The zero-order chi connectivity index (χ0) is 21.2. The van der Waals surface area contributed by atoms with Gasteiger partial charge in [0.25, 0.3) is 0 Å². The van der Waals surface area contributed by atoms with Crippen LogP contribution in [-0.2, 0) is 13.0 Å². The highest BCUT2D eigenvalue weighted by molar-refractivity contribution is 5.86. The number of benzene rings is 2. The molecule has 30 heavy (non-hydrogen) atoms. The summed E-state index contributed by atoms with van der Waals surface area (Å²) in [5.74, 6) is 1.90. The minimum Gasteiger partial charge on any atom is -0.497 e. The van der Waals surface area contributed by atoms with E-state index in [9.17, 15) is 0 Å². The summed E-state index contributed by atoms with van der Waals surface area (Å²) in [6.07, 6.45) is 5.59. The highest BCUT2D eigenvalue weighted by Crippen LogP contribution is 2.30. The maximum atomic E-state index is 6.16. The molecular weight excluding hydrogens is 372 g/mol. The first-order valence-electron chi connectivity index (χ1n) is 11.1. The van der Waals surface area contributed by atoms with Gasteiger partial charge in [0.15, 0.2) is 0 Å². The lowest BCUT2D eigenvalue weighted by molar-refractivity contribution is 0.310. The molecule has 0 atom stereocenters. The van der Waals surface area contributed by atoms with Crippen LogP contribution in [0.1, 0.15) is 49.4 Å². The number of unbranched alkanes of at least 4 members (excludes halogenated alkanes) is 2. The zero-order valence-corrected chi connectivity index (χ0v) is 18.5. The molecule has 0 saturated heterocycles. The lowest BCUT2D eigenvalue weighted by Gasteiger charge is -2.16. The lowest BCUT2D eigenvalue weighted by Crippen LogP contribution is -2.17. The highest BCUT2D eigenvalue weighted by atomic mass is 16.5. The predicted octanol–water partition coefficient (Wildman–Crippen LogP) is 5.84. The molecule has 0 aliphatic heterocycles. The zero-order valence-electron chi connectivity index (χ0n) is 18.5. The van der Waals surface area contributed by atoms with Gasteiger partial charge in [0.1, 0.15) is 11.5 Å². The van der Waals surface area contributed by atoms with E-state index in [4.69, 9.17) is 14.5 Å². The Morgan fingerprint density at radius 2 is 1.77 bits per heavy atom. The molecular formula is C26H34N2O2. The van der Waals surface area contributed by atoms with E-state index in [1.54, 1.807) is 7.11 Å². The van der Waals surface area contributed by atoms with Gasteiger partial charge in [0, 0.05) is 17.5 Å². The van der Waals surface area contributed by atoms with Crippen molar-refractivity contribution in [3.05, 3.63) is 65.4 Å². The van der Waals surface area contributed by atoms with Crippen molar-refractivity contribution in [2.24, 2.45) is 0 Å². The van der Waals surface area contributed by atoms with E-state index in [1.807, 2.05) is 18.2 Å². The SMILES string of the molecule is CCCCOc1c(C)c(CNCCCCc2ccc(OC)cc2)nc2ccccc12. The number of aromatic nitrogens is 1. The Bertz CT molecular complexity index is 922. The number of hydrogen-bond donors (Lipinski definition) is 1. The largest absolute Gasteiger partial charge is 0.497 e. The number of nitrogens with one attached hydrogen (secondary N) is 1. The fourth-order valence-electron chi connectivity index (χ4n) is 3.58. The molecule has 3 rings (SSSR count). The van der Waals surface area contributed by atoms with E-state index >= 15 is 0 Å². The molecule has 1 N–H and O–H groups in total. The number of fused-ring (bicyclic) bond motifs is 1. The second-order valence-corrected chi connectivity index (χ2v) is 7.71. The van der Waals surface area contributed by atoms with E-state index in [0.717, 1.165) is 85.5 Å². The van der Waals surface area contributed by atoms with Gasteiger partial charge in [-0.3, -0.25) is 4.98 Å². The number of ether oxygens (including phenoxy) is 2. The highest BCUT2D eigenvalue weighted by Gasteiger charge is 2.12. The van der Waals surface area contributed by atoms with Crippen molar-refractivity contribution in [1.82, 2.24) is 10.3 Å². The summed E-state index contributed by atoms with van der Waals surface area (Å²) in [4.78, 5) is 4.89. The first-order valence-corrected chi connectivity index (χ1v) is 11.1. The number of rotatable bonds is 12. The predicted molar refractivity (Wildman–Crippen MR) is 125 cm³/mol.